The second-order valence-electron chi connectivity index (χ2n) is 7.13. The second kappa shape index (κ2) is 7.64. The summed E-state index contributed by atoms with van der Waals surface area (Å²) in [7, 11) is 0. The van der Waals surface area contributed by atoms with Gasteiger partial charge in [-0.05, 0) is 25.3 Å². The molecule has 0 saturated heterocycles. The molecule has 2 heterocycles. The number of nitrogens with one attached hydrogen (secondary N) is 1. The minimum absolute atomic E-state index is 0.0119. The Labute approximate surface area is 162 Å². The second-order valence-corrected chi connectivity index (χ2v) is 8.35. The summed E-state index contributed by atoms with van der Waals surface area (Å²) >= 11 is 1.38. The van der Waals surface area contributed by atoms with Gasteiger partial charge in [0.15, 0.2) is 0 Å². The molecule has 1 fully saturated rings. The van der Waals surface area contributed by atoms with Crippen LogP contribution in [0.2, 0.25) is 0 Å². The van der Waals surface area contributed by atoms with E-state index in [1.807, 2.05) is 37.3 Å². The van der Waals surface area contributed by atoms with Crippen LogP contribution in [0.5, 0.6) is 0 Å². The van der Waals surface area contributed by atoms with Crippen molar-refractivity contribution >= 4 is 27.5 Å². The van der Waals surface area contributed by atoms with Crippen molar-refractivity contribution in [2.24, 2.45) is 0 Å². The van der Waals surface area contributed by atoms with Gasteiger partial charge in [-0.1, -0.05) is 49.6 Å². The fourth-order valence-electron chi connectivity index (χ4n) is 3.84. The smallest absolute Gasteiger partial charge is 0.271 e. The zero-order chi connectivity index (χ0) is 18.8. The van der Waals surface area contributed by atoms with E-state index in [-0.39, 0.29) is 17.5 Å². The van der Waals surface area contributed by atoms with Crippen LogP contribution in [0.15, 0.2) is 41.5 Å². The van der Waals surface area contributed by atoms with Crippen molar-refractivity contribution in [2.45, 2.75) is 51.6 Å². The molecular formula is C21H23N3O2S. The Morgan fingerprint density at radius 2 is 1.96 bits per heavy atom. The monoisotopic (exact) mass is 381 g/mol. The van der Waals surface area contributed by atoms with Crippen molar-refractivity contribution in [3.8, 4) is 0 Å². The fourth-order valence-corrected chi connectivity index (χ4v) is 4.89. The minimum Gasteiger partial charge on any atom is -0.348 e. The van der Waals surface area contributed by atoms with Crippen LogP contribution in [0.4, 0.5) is 0 Å². The predicted octanol–water partition coefficient (Wildman–Crippen LogP) is 4.20. The Morgan fingerprint density at radius 3 is 2.70 bits per heavy atom. The maximum Gasteiger partial charge on any atom is 0.271 e. The number of hydrogen-bond acceptors (Lipinski definition) is 4. The number of thiophene rings is 1. The maximum atomic E-state index is 13.0. The topological polar surface area (TPSA) is 64.0 Å². The Kier molecular flexibility index (Phi) is 5.07. The molecular weight excluding hydrogens is 358 g/mol. The number of carbonyl (C=O) groups is 1. The molecule has 2 aromatic heterocycles. The molecule has 0 atom stereocenters. The summed E-state index contributed by atoms with van der Waals surface area (Å²) in [5.41, 5.74) is 2.08. The van der Waals surface area contributed by atoms with Crippen molar-refractivity contribution < 1.29 is 4.79 Å². The number of benzene rings is 1. The van der Waals surface area contributed by atoms with Crippen molar-refractivity contribution in [3.05, 3.63) is 63.0 Å². The predicted molar refractivity (Wildman–Crippen MR) is 108 cm³/mol. The third-order valence-electron chi connectivity index (χ3n) is 5.29. The van der Waals surface area contributed by atoms with E-state index in [2.05, 4.69) is 10.3 Å². The van der Waals surface area contributed by atoms with Crippen LogP contribution in [0, 0.1) is 6.92 Å². The van der Waals surface area contributed by atoms with Gasteiger partial charge < -0.3 is 5.32 Å². The molecule has 0 spiro atoms. The van der Waals surface area contributed by atoms with E-state index in [0.717, 1.165) is 36.1 Å². The average molecular weight is 382 g/mol. The van der Waals surface area contributed by atoms with E-state index in [4.69, 9.17) is 0 Å². The normalized spacial score (nSPS) is 15.1. The SMILES string of the molecule is Cc1sc2c(=O)n(C3CCCCC3)cnc2c1C(=O)NCc1ccccc1. The van der Waals surface area contributed by atoms with Crippen molar-refractivity contribution in [1.29, 1.82) is 0 Å². The van der Waals surface area contributed by atoms with E-state index < -0.39 is 0 Å². The van der Waals surface area contributed by atoms with Gasteiger partial charge in [0, 0.05) is 17.5 Å². The number of fused-ring (bicyclic) bond motifs is 1. The highest BCUT2D eigenvalue weighted by molar-refractivity contribution is 7.19. The fraction of sp³-hybridized carbons (Fsp3) is 0.381. The number of aryl methyl sites for hydroxylation is 1. The Morgan fingerprint density at radius 1 is 1.22 bits per heavy atom. The number of hydrogen-bond donors (Lipinski definition) is 1. The third-order valence-corrected chi connectivity index (χ3v) is 6.37. The zero-order valence-corrected chi connectivity index (χ0v) is 16.2. The number of aromatic nitrogens is 2. The highest BCUT2D eigenvalue weighted by Crippen LogP contribution is 2.30. The third kappa shape index (κ3) is 3.54. The van der Waals surface area contributed by atoms with E-state index in [1.54, 1.807) is 10.9 Å². The van der Waals surface area contributed by atoms with Crippen LogP contribution in [0.3, 0.4) is 0 Å². The molecule has 0 bridgehead atoms. The zero-order valence-electron chi connectivity index (χ0n) is 15.4. The Hall–Kier alpha value is -2.47. The Bertz CT molecular complexity index is 1020. The number of amides is 1. The highest BCUT2D eigenvalue weighted by Gasteiger charge is 2.23. The van der Waals surface area contributed by atoms with E-state index in [9.17, 15) is 9.59 Å². The maximum absolute atomic E-state index is 13.0. The van der Waals surface area contributed by atoms with Crippen molar-refractivity contribution in [1.82, 2.24) is 14.9 Å². The van der Waals surface area contributed by atoms with Crippen LogP contribution in [0.25, 0.3) is 10.2 Å². The average Bonchev–Trinajstić information content (AvgIpc) is 3.05. The first-order chi connectivity index (χ1) is 13.1. The van der Waals surface area contributed by atoms with Gasteiger partial charge in [-0.25, -0.2) is 4.98 Å². The highest BCUT2D eigenvalue weighted by atomic mass is 32.1. The van der Waals surface area contributed by atoms with Crippen molar-refractivity contribution in [3.63, 3.8) is 0 Å². The van der Waals surface area contributed by atoms with Gasteiger partial charge in [0.1, 0.15) is 10.2 Å². The van der Waals surface area contributed by atoms with E-state index in [1.165, 1.54) is 17.8 Å². The number of carbonyl (C=O) groups excluding carboxylic acids is 1. The molecule has 27 heavy (non-hydrogen) atoms. The molecule has 0 unspecified atom stereocenters. The molecule has 1 amide bonds. The lowest BCUT2D eigenvalue weighted by molar-refractivity contribution is 0.0952. The summed E-state index contributed by atoms with van der Waals surface area (Å²) in [5, 5.41) is 2.95. The van der Waals surface area contributed by atoms with Gasteiger partial charge in [-0.3, -0.25) is 14.2 Å². The summed E-state index contributed by atoms with van der Waals surface area (Å²) in [6, 6.07) is 10.0. The quantitative estimate of drug-likeness (QED) is 0.737. The molecule has 1 aliphatic carbocycles. The minimum atomic E-state index is -0.176. The summed E-state index contributed by atoms with van der Waals surface area (Å²) in [6.45, 7) is 2.34. The van der Waals surface area contributed by atoms with Gasteiger partial charge in [0.25, 0.3) is 11.5 Å². The molecule has 1 aromatic carbocycles. The molecule has 3 aromatic rings. The molecule has 0 radical (unpaired) electrons. The van der Waals surface area contributed by atoms with Gasteiger partial charge in [0.05, 0.1) is 11.9 Å². The summed E-state index contributed by atoms with van der Waals surface area (Å²) < 4.78 is 2.37. The lowest BCUT2D eigenvalue weighted by Gasteiger charge is -2.23. The van der Waals surface area contributed by atoms with E-state index >= 15 is 0 Å². The molecule has 5 nitrogen and oxygen atoms in total. The first kappa shape index (κ1) is 17.9. The largest absolute Gasteiger partial charge is 0.348 e. The van der Waals surface area contributed by atoms with Crippen molar-refractivity contribution in [2.75, 3.05) is 0 Å². The number of rotatable bonds is 4. The molecule has 1 saturated carbocycles. The standard InChI is InChI=1S/C21H23N3O2S/c1-14-17(20(25)22-12-15-8-4-2-5-9-15)18-19(27-14)21(26)24(13-23-18)16-10-6-3-7-11-16/h2,4-5,8-9,13,16H,3,6-7,10-12H2,1H3,(H,22,25). The molecule has 1 N–H and O–H groups in total. The molecule has 6 heteroatoms. The lowest BCUT2D eigenvalue weighted by Crippen LogP contribution is -2.27. The van der Waals surface area contributed by atoms with Gasteiger partial charge in [-0.2, -0.15) is 0 Å². The summed E-state index contributed by atoms with van der Waals surface area (Å²) in [4.78, 5) is 31.1. The first-order valence-electron chi connectivity index (χ1n) is 9.47. The van der Waals surface area contributed by atoms with Gasteiger partial charge in [0.2, 0.25) is 0 Å². The molecule has 4 rings (SSSR count). The van der Waals surface area contributed by atoms with Crippen LogP contribution in [-0.4, -0.2) is 15.5 Å². The molecule has 0 aliphatic heterocycles. The van der Waals surface area contributed by atoms with Crippen LogP contribution >= 0.6 is 11.3 Å². The molecule has 1 aliphatic rings. The summed E-state index contributed by atoms with van der Waals surface area (Å²) in [5.74, 6) is -0.176. The molecule has 140 valence electrons. The van der Waals surface area contributed by atoms with Gasteiger partial charge in [-0.15, -0.1) is 11.3 Å². The number of nitrogens with zero attached hydrogens (tertiary/aromatic N) is 2. The first-order valence-corrected chi connectivity index (χ1v) is 10.3. The van der Waals surface area contributed by atoms with Crippen LogP contribution < -0.4 is 10.9 Å². The Balaban J connectivity index is 1.63. The summed E-state index contributed by atoms with van der Waals surface area (Å²) in [6.07, 6.45) is 7.26. The van der Waals surface area contributed by atoms with Gasteiger partial charge >= 0.3 is 0 Å². The van der Waals surface area contributed by atoms with Crippen LogP contribution in [-0.2, 0) is 6.54 Å². The lowest BCUT2D eigenvalue weighted by atomic mass is 9.95. The van der Waals surface area contributed by atoms with Crippen LogP contribution in [0.1, 0.15) is 58.9 Å². The van der Waals surface area contributed by atoms with E-state index in [0.29, 0.717) is 22.3 Å².